The molecule has 0 spiro atoms. The Labute approximate surface area is 74.9 Å². The Morgan fingerprint density at radius 2 is 2.42 bits per heavy atom. The summed E-state index contributed by atoms with van der Waals surface area (Å²) in [7, 11) is 0. The van der Waals surface area contributed by atoms with Crippen LogP contribution >= 0.6 is 0 Å². The van der Waals surface area contributed by atoms with Gasteiger partial charge in [0, 0.05) is 19.8 Å². The van der Waals surface area contributed by atoms with Gasteiger partial charge in [-0.2, -0.15) is 0 Å². The molecule has 0 saturated carbocycles. The molecule has 12 heavy (non-hydrogen) atoms. The second-order valence-electron chi connectivity index (χ2n) is 3.66. The van der Waals surface area contributed by atoms with Crippen LogP contribution in [0.25, 0.3) is 0 Å². The van der Waals surface area contributed by atoms with E-state index in [0.29, 0.717) is 6.61 Å². The van der Waals surface area contributed by atoms with E-state index in [1.807, 2.05) is 0 Å². The first-order valence-electron chi connectivity index (χ1n) is 5.07. The summed E-state index contributed by atoms with van der Waals surface area (Å²) in [5, 5.41) is 8.72. The molecule has 2 unspecified atom stereocenters. The summed E-state index contributed by atoms with van der Waals surface area (Å²) in [5.74, 6) is 1.54. The van der Waals surface area contributed by atoms with Crippen molar-refractivity contribution in [2.45, 2.75) is 32.6 Å². The molecule has 0 bridgehead atoms. The summed E-state index contributed by atoms with van der Waals surface area (Å²) >= 11 is 0. The van der Waals surface area contributed by atoms with Crippen molar-refractivity contribution < 1.29 is 9.84 Å². The predicted octanol–water partition coefficient (Wildman–Crippen LogP) is 1.82. The molecule has 0 aromatic heterocycles. The maximum Gasteiger partial charge on any atom is 0.0497 e. The highest BCUT2D eigenvalue weighted by molar-refractivity contribution is 4.72. The summed E-state index contributed by atoms with van der Waals surface area (Å²) < 4.78 is 5.36. The topological polar surface area (TPSA) is 29.5 Å². The highest BCUT2D eigenvalue weighted by Gasteiger charge is 2.23. The van der Waals surface area contributed by atoms with Crippen LogP contribution in [-0.4, -0.2) is 24.9 Å². The number of hydrogen-bond acceptors (Lipinski definition) is 2. The molecule has 2 nitrogen and oxygen atoms in total. The molecular weight excluding hydrogens is 152 g/mol. The standard InChI is InChI=1S/C10H20O2/c1-2-9(4-3-6-11)10-5-7-12-8-10/h9-11H,2-8H2,1H3. The van der Waals surface area contributed by atoms with Crippen LogP contribution < -0.4 is 0 Å². The minimum absolute atomic E-state index is 0.337. The van der Waals surface area contributed by atoms with Crippen molar-refractivity contribution in [1.29, 1.82) is 0 Å². The van der Waals surface area contributed by atoms with Crippen LogP contribution in [0.3, 0.4) is 0 Å². The number of rotatable bonds is 5. The lowest BCUT2D eigenvalue weighted by molar-refractivity contribution is 0.164. The molecule has 0 aliphatic carbocycles. The van der Waals surface area contributed by atoms with Crippen LogP contribution in [0, 0.1) is 11.8 Å². The van der Waals surface area contributed by atoms with Crippen LogP contribution in [0.1, 0.15) is 32.6 Å². The van der Waals surface area contributed by atoms with Gasteiger partial charge in [-0.15, -0.1) is 0 Å². The van der Waals surface area contributed by atoms with Gasteiger partial charge in [-0.3, -0.25) is 0 Å². The Balaban J connectivity index is 2.22. The molecule has 1 aliphatic rings. The monoisotopic (exact) mass is 172 g/mol. The molecule has 1 saturated heterocycles. The van der Waals surface area contributed by atoms with Crippen LogP contribution in [-0.2, 0) is 4.74 Å². The zero-order valence-electron chi connectivity index (χ0n) is 7.96. The van der Waals surface area contributed by atoms with E-state index in [1.54, 1.807) is 0 Å². The van der Waals surface area contributed by atoms with Crippen LogP contribution in [0.15, 0.2) is 0 Å². The fourth-order valence-corrected chi connectivity index (χ4v) is 2.05. The predicted molar refractivity (Wildman–Crippen MR) is 49.0 cm³/mol. The van der Waals surface area contributed by atoms with Crippen molar-refractivity contribution in [2.24, 2.45) is 11.8 Å². The molecule has 2 heteroatoms. The largest absolute Gasteiger partial charge is 0.396 e. The van der Waals surface area contributed by atoms with Crippen molar-refractivity contribution in [1.82, 2.24) is 0 Å². The van der Waals surface area contributed by atoms with Gasteiger partial charge in [-0.25, -0.2) is 0 Å². The van der Waals surface area contributed by atoms with Gasteiger partial charge in [0.25, 0.3) is 0 Å². The van der Waals surface area contributed by atoms with Crippen LogP contribution in [0.4, 0.5) is 0 Å². The zero-order chi connectivity index (χ0) is 8.81. The fourth-order valence-electron chi connectivity index (χ4n) is 2.05. The first kappa shape index (κ1) is 10.0. The first-order chi connectivity index (χ1) is 5.88. The minimum atomic E-state index is 0.337. The van der Waals surface area contributed by atoms with Crippen molar-refractivity contribution in [3.63, 3.8) is 0 Å². The quantitative estimate of drug-likeness (QED) is 0.685. The Hall–Kier alpha value is -0.0800. The second kappa shape index (κ2) is 5.55. The van der Waals surface area contributed by atoms with E-state index in [4.69, 9.17) is 9.84 Å². The summed E-state index contributed by atoms with van der Waals surface area (Å²) in [5.41, 5.74) is 0. The molecule has 1 heterocycles. The molecule has 1 N–H and O–H groups in total. The molecule has 1 fully saturated rings. The average Bonchev–Trinajstić information content (AvgIpc) is 2.59. The van der Waals surface area contributed by atoms with Crippen LogP contribution in [0.5, 0.6) is 0 Å². The highest BCUT2D eigenvalue weighted by Crippen LogP contribution is 2.27. The SMILES string of the molecule is CCC(CCCO)C1CCOC1. The minimum Gasteiger partial charge on any atom is -0.396 e. The Morgan fingerprint density at radius 1 is 1.58 bits per heavy atom. The van der Waals surface area contributed by atoms with Crippen LogP contribution in [0.2, 0.25) is 0 Å². The highest BCUT2D eigenvalue weighted by atomic mass is 16.5. The molecular formula is C10H20O2. The van der Waals surface area contributed by atoms with Gasteiger partial charge in [0.2, 0.25) is 0 Å². The molecule has 1 rings (SSSR count). The third kappa shape index (κ3) is 2.76. The maximum atomic E-state index is 8.72. The molecule has 0 aromatic carbocycles. The maximum absolute atomic E-state index is 8.72. The van der Waals surface area contributed by atoms with Gasteiger partial charge in [0.05, 0.1) is 0 Å². The van der Waals surface area contributed by atoms with Crippen molar-refractivity contribution in [3.05, 3.63) is 0 Å². The van der Waals surface area contributed by atoms with E-state index in [-0.39, 0.29) is 0 Å². The summed E-state index contributed by atoms with van der Waals surface area (Å²) in [6, 6.07) is 0. The van der Waals surface area contributed by atoms with Gasteiger partial charge in [0.1, 0.15) is 0 Å². The molecule has 0 amide bonds. The molecule has 2 atom stereocenters. The summed E-state index contributed by atoms with van der Waals surface area (Å²) in [6.07, 6.45) is 4.58. The number of aliphatic hydroxyl groups is 1. The Bertz CT molecular complexity index is 108. The summed E-state index contributed by atoms with van der Waals surface area (Å²) in [6.45, 7) is 4.47. The lowest BCUT2D eigenvalue weighted by Crippen LogP contribution is -2.14. The third-order valence-corrected chi connectivity index (χ3v) is 2.89. The van der Waals surface area contributed by atoms with E-state index in [9.17, 15) is 0 Å². The van der Waals surface area contributed by atoms with E-state index in [0.717, 1.165) is 31.5 Å². The smallest absolute Gasteiger partial charge is 0.0497 e. The second-order valence-corrected chi connectivity index (χ2v) is 3.66. The van der Waals surface area contributed by atoms with E-state index >= 15 is 0 Å². The van der Waals surface area contributed by atoms with Gasteiger partial charge in [-0.1, -0.05) is 13.3 Å². The molecule has 0 aromatic rings. The first-order valence-corrected chi connectivity index (χ1v) is 5.07. The third-order valence-electron chi connectivity index (χ3n) is 2.89. The number of ether oxygens (including phenoxy) is 1. The lowest BCUT2D eigenvalue weighted by atomic mass is 9.86. The average molecular weight is 172 g/mol. The number of aliphatic hydroxyl groups excluding tert-OH is 1. The molecule has 0 radical (unpaired) electrons. The van der Waals surface area contributed by atoms with Gasteiger partial charge >= 0.3 is 0 Å². The Kier molecular flexibility index (Phi) is 4.62. The van der Waals surface area contributed by atoms with E-state index < -0.39 is 0 Å². The molecule has 1 aliphatic heterocycles. The molecule has 72 valence electrons. The van der Waals surface area contributed by atoms with Gasteiger partial charge in [0.15, 0.2) is 0 Å². The fraction of sp³-hybridized carbons (Fsp3) is 1.00. The lowest BCUT2D eigenvalue weighted by Gasteiger charge is -2.19. The zero-order valence-corrected chi connectivity index (χ0v) is 7.96. The summed E-state index contributed by atoms with van der Waals surface area (Å²) in [4.78, 5) is 0. The van der Waals surface area contributed by atoms with E-state index in [2.05, 4.69) is 6.92 Å². The normalized spacial score (nSPS) is 26.0. The number of hydrogen-bond donors (Lipinski definition) is 1. The van der Waals surface area contributed by atoms with Crippen molar-refractivity contribution >= 4 is 0 Å². The Morgan fingerprint density at radius 3 is 2.92 bits per heavy atom. The van der Waals surface area contributed by atoms with Gasteiger partial charge in [-0.05, 0) is 31.1 Å². The van der Waals surface area contributed by atoms with Gasteiger partial charge < -0.3 is 9.84 Å². The van der Waals surface area contributed by atoms with Crippen molar-refractivity contribution in [3.8, 4) is 0 Å². The van der Waals surface area contributed by atoms with E-state index in [1.165, 1.54) is 19.3 Å². The van der Waals surface area contributed by atoms with Crippen molar-refractivity contribution in [2.75, 3.05) is 19.8 Å².